The molecule has 1 aromatic heterocycles. The molecule has 4 rings (SSSR count). The highest BCUT2D eigenvalue weighted by molar-refractivity contribution is 5.87. The van der Waals surface area contributed by atoms with E-state index in [1.165, 1.54) is 0 Å². The number of carbonyl (C=O) groups is 1. The molecule has 0 saturated carbocycles. The lowest BCUT2D eigenvalue weighted by Crippen LogP contribution is -2.32. The number of aliphatic imine (C=N–C) groups is 1. The number of nitrogens with zero attached hydrogens (tertiary/aromatic N) is 3. The Morgan fingerprint density at radius 3 is 3.00 bits per heavy atom. The number of amides is 1. The van der Waals surface area contributed by atoms with Gasteiger partial charge in [-0.05, 0) is 37.4 Å². The molecule has 140 valence electrons. The van der Waals surface area contributed by atoms with E-state index in [1.54, 1.807) is 0 Å². The van der Waals surface area contributed by atoms with E-state index in [4.69, 9.17) is 0 Å². The van der Waals surface area contributed by atoms with E-state index in [9.17, 15) is 4.79 Å². The number of likely N-dealkylation sites (N-methyl/N-ethyl adjacent to an activating group) is 2. The van der Waals surface area contributed by atoms with Crippen LogP contribution >= 0.6 is 0 Å². The molecule has 1 unspecified atom stereocenters. The molecule has 2 aromatic rings. The zero-order chi connectivity index (χ0) is 19.0. The Kier molecular flexibility index (Phi) is 4.55. The Bertz CT molecular complexity index is 926. The largest absolute Gasteiger partial charge is 0.351 e. The number of nitrogens with one attached hydrogen (secondary N) is 3. The van der Waals surface area contributed by atoms with Crippen LogP contribution in [0.1, 0.15) is 17.2 Å². The Labute approximate surface area is 158 Å². The molecule has 3 N–H and O–H groups in total. The minimum absolute atomic E-state index is 0.0196. The van der Waals surface area contributed by atoms with Crippen molar-refractivity contribution in [1.29, 1.82) is 0 Å². The highest BCUT2D eigenvalue weighted by Gasteiger charge is 2.31. The van der Waals surface area contributed by atoms with Gasteiger partial charge in [0.25, 0.3) is 0 Å². The number of H-pyrrole nitrogens is 1. The number of carbonyl (C=O) groups excluding carboxylic acids is 1. The maximum absolute atomic E-state index is 11.9. The number of aromatic nitrogens is 1. The smallest absolute Gasteiger partial charge is 0.234 e. The van der Waals surface area contributed by atoms with Crippen LogP contribution in [-0.2, 0) is 11.3 Å². The van der Waals surface area contributed by atoms with Crippen molar-refractivity contribution in [2.24, 2.45) is 4.99 Å². The molecule has 1 atom stereocenters. The summed E-state index contributed by atoms with van der Waals surface area (Å²) in [5, 5.41) is 5.03. The van der Waals surface area contributed by atoms with E-state index in [0.717, 1.165) is 33.8 Å². The van der Waals surface area contributed by atoms with Crippen molar-refractivity contribution in [2.45, 2.75) is 12.6 Å². The van der Waals surface area contributed by atoms with Crippen LogP contribution in [0.5, 0.6) is 0 Å². The van der Waals surface area contributed by atoms with E-state index in [-0.39, 0.29) is 11.9 Å². The molecule has 3 heterocycles. The topological polar surface area (TPSA) is 75.8 Å². The Hall–Kier alpha value is -2.90. The normalized spacial score (nSPS) is 18.1. The third kappa shape index (κ3) is 3.51. The van der Waals surface area contributed by atoms with Gasteiger partial charge in [-0.1, -0.05) is 18.2 Å². The summed E-state index contributed by atoms with van der Waals surface area (Å²) in [6, 6.07) is 10.5. The minimum atomic E-state index is 0.0196. The maximum Gasteiger partial charge on any atom is 0.234 e. The molecule has 1 amide bonds. The number of fused-ring (bicyclic) bond motifs is 3. The van der Waals surface area contributed by atoms with Gasteiger partial charge in [0.2, 0.25) is 5.91 Å². The minimum Gasteiger partial charge on any atom is -0.351 e. The van der Waals surface area contributed by atoms with Gasteiger partial charge in [-0.2, -0.15) is 0 Å². The Balaban J connectivity index is 1.54. The predicted octanol–water partition coefficient (Wildman–Crippen LogP) is 1.95. The van der Waals surface area contributed by atoms with Crippen LogP contribution < -0.4 is 10.7 Å². The SMILES string of the molecule is CN(C)CC(=O)NCc1cccc(-c2cc3c([nH]2)N=CC2=CNN(C)C23)c1. The third-order valence-corrected chi connectivity index (χ3v) is 4.79. The molecule has 2 aliphatic rings. The Morgan fingerprint density at radius 2 is 2.19 bits per heavy atom. The van der Waals surface area contributed by atoms with E-state index in [1.807, 2.05) is 50.6 Å². The summed E-state index contributed by atoms with van der Waals surface area (Å²) < 4.78 is 0. The molecule has 0 bridgehead atoms. The summed E-state index contributed by atoms with van der Waals surface area (Å²) in [7, 11) is 5.79. The summed E-state index contributed by atoms with van der Waals surface area (Å²) >= 11 is 0. The van der Waals surface area contributed by atoms with Gasteiger partial charge in [0, 0.05) is 42.8 Å². The zero-order valence-corrected chi connectivity index (χ0v) is 15.8. The monoisotopic (exact) mass is 364 g/mol. The first kappa shape index (κ1) is 17.5. The second-order valence-electron chi connectivity index (χ2n) is 7.25. The van der Waals surface area contributed by atoms with Crippen molar-refractivity contribution < 1.29 is 4.79 Å². The highest BCUT2D eigenvalue weighted by Crippen LogP contribution is 2.40. The van der Waals surface area contributed by atoms with Crippen molar-refractivity contribution in [2.75, 3.05) is 27.7 Å². The predicted molar refractivity (Wildman–Crippen MR) is 107 cm³/mol. The molecule has 2 aliphatic heterocycles. The average Bonchev–Trinajstić information content (AvgIpc) is 3.23. The first-order chi connectivity index (χ1) is 13.0. The summed E-state index contributed by atoms with van der Waals surface area (Å²) in [6.07, 6.45) is 3.89. The molecular formula is C20H24N6O. The number of aromatic amines is 1. The fraction of sp³-hybridized carbons (Fsp3) is 0.300. The lowest BCUT2D eigenvalue weighted by atomic mass is 9.99. The third-order valence-electron chi connectivity index (χ3n) is 4.79. The van der Waals surface area contributed by atoms with Crippen LogP contribution in [0, 0.1) is 0 Å². The van der Waals surface area contributed by atoms with E-state index >= 15 is 0 Å². The zero-order valence-electron chi connectivity index (χ0n) is 15.8. The van der Waals surface area contributed by atoms with E-state index < -0.39 is 0 Å². The molecule has 0 aliphatic carbocycles. The number of benzene rings is 1. The fourth-order valence-electron chi connectivity index (χ4n) is 3.51. The number of hydrazine groups is 1. The van der Waals surface area contributed by atoms with Gasteiger partial charge in [0.05, 0.1) is 12.6 Å². The van der Waals surface area contributed by atoms with Crippen LogP contribution in [0.4, 0.5) is 5.82 Å². The van der Waals surface area contributed by atoms with Crippen molar-refractivity contribution in [1.82, 2.24) is 25.6 Å². The number of rotatable bonds is 5. The van der Waals surface area contributed by atoms with Crippen molar-refractivity contribution in [3.05, 3.63) is 53.2 Å². The average molecular weight is 364 g/mol. The first-order valence-electron chi connectivity index (χ1n) is 8.98. The van der Waals surface area contributed by atoms with Crippen LogP contribution in [-0.4, -0.2) is 54.7 Å². The van der Waals surface area contributed by atoms with Gasteiger partial charge < -0.3 is 20.6 Å². The van der Waals surface area contributed by atoms with Gasteiger partial charge in [-0.25, -0.2) is 10.0 Å². The molecule has 1 aromatic carbocycles. The maximum atomic E-state index is 11.9. The van der Waals surface area contributed by atoms with Gasteiger partial charge in [0.15, 0.2) is 0 Å². The van der Waals surface area contributed by atoms with Crippen LogP contribution in [0.2, 0.25) is 0 Å². The molecule has 0 saturated heterocycles. The number of hydrogen-bond acceptors (Lipinski definition) is 5. The fourth-order valence-corrected chi connectivity index (χ4v) is 3.51. The van der Waals surface area contributed by atoms with Gasteiger partial charge >= 0.3 is 0 Å². The van der Waals surface area contributed by atoms with Crippen molar-refractivity contribution >= 4 is 17.9 Å². The Morgan fingerprint density at radius 1 is 1.33 bits per heavy atom. The summed E-state index contributed by atoms with van der Waals surface area (Å²) in [4.78, 5) is 21.7. The van der Waals surface area contributed by atoms with Gasteiger partial charge in [-0.15, -0.1) is 0 Å². The molecular weight excluding hydrogens is 340 g/mol. The van der Waals surface area contributed by atoms with Crippen LogP contribution in [0.25, 0.3) is 11.3 Å². The molecule has 0 radical (unpaired) electrons. The quantitative estimate of drug-likeness (QED) is 0.758. The summed E-state index contributed by atoms with van der Waals surface area (Å²) in [5.74, 6) is 0.915. The molecule has 0 spiro atoms. The first-order valence-corrected chi connectivity index (χ1v) is 8.98. The van der Waals surface area contributed by atoms with Crippen LogP contribution in [0.15, 0.2) is 47.1 Å². The molecule has 0 fully saturated rings. The highest BCUT2D eigenvalue weighted by atomic mass is 16.2. The van der Waals surface area contributed by atoms with E-state index in [2.05, 4.69) is 43.9 Å². The van der Waals surface area contributed by atoms with Crippen molar-refractivity contribution in [3.8, 4) is 11.3 Å². The lowest BCUT2D eigenvalue weighted by molar-refractivity contribution is -0.121. The molecule has 7 nitrogen and oxygen atoms in total. The second kappa shape index (κ2) is 7.02. The standard InChI is InChI=1S/C20H24N6O/c1-25(2)12-18(27)21-9-13-5-4-6-14(7-13)17-8-16-19-15(11-23-26(19)3)10-22-20(16)24-17/h4-8,10-11,19,23-24H,9,12H2,1-3H3,(H,21,27). The number of hydrogen-bond donors (Lipinski definition) is 3. The van der Waals surface area contributed by atoms with Crippen LogP contribution in [0.3, 0.4) is 0 Å². The second-order valence-corrected chi connectivity index (χ2v) is 7.25. The lowest BCUT2D eigenvalue weighted by Gasteiger charge is -2.23. The molecule has 27 heavy (non-hydrogen) atoms. The van der Waals surface area contributed by atoms with Gasteiger partial charge in [0.1, 0.15) is 5.82 Å². The van der Waals surface area contributed by atoms with Gasteiger partial charge in [-0.3, -0.25) is 4.79 Å². The summed E-state index contributed by atoms with van der Waals surface area (Å²) in [6.45, 7) is 0.904. The summed E-state index contributed by atoms with van der Waals surface area (Å²) in [5.41, 5.74) is 8.72. The van der Waals surface area contributed by atoms with Crippen molar-refractivity contribution in [3.63, 3.8) is 0 Å². The van der Waals surface area contributed by atoms with E-state index in [0.29, 0.717) is 13.1 Å². The molecule has 7 heteroatoms.